The van der Waals surface area contributed by atoms with Crippen LogP contribution in [0.2, 0.25) is 0 Å². The summed E-state index contributed by atoms with van der Waals surface area (Å²) < 4.78 is 0. The summed E-state index contributed by atoms with van der Waals surface area (Å²) >= 11 is 0. The minimum Gasteiger partial charge on any atom is -0.481 e. The number of carboxylic acids is 1. The first-order chi connectivity index (χ1) is 13.0. The number of aromatic nitrogens is 1. The van der Waals surface area contributed by atoms with Gasteiger partial charge < -0.3 is 14.9 Å². The second-order valence-corrected chi connectivity index (χ2v) is 6.58. The van der Waals surface area contributed by atoms with Gasteiger partial charge in [-0.3, -0.25) is 14.6 Å². The number of carbonyl (C=O) groups excluding carboxylic acids is 1. The number of carboxylic acid groups (broad SMARTS) is 1. The number of piperazine rings is 1. The van der Waals surface area contributed by atoms with E-state index >= 15 is 0 Å². The summed E-state index contributed by atoms with van der Waals surface area (Å²) in [4.78, 5) is 30.8. The topological polar surface area (TPSA) is 73.7 Å². The number of hydrogen-bond donors (Lipinski definition) is 1. The van der Waals surface area contributed by atoms with Crippen molar-refractivity contribution in [3.05, 3.63) is 59.4 Å². The Morgan fingerprint density at radius 1 is 1.11 bits per heavy atom. The van der Waals surface area contributed by atoms with Crippen LogP contribution in [0.3, 0.4) is 0 Å². The second kappa shape index (κ2) is 8.49. The molecule has 6 nitrogen and oxygen atoms in total. The van der Waals surface area contributed by atoms with Crippen molar-refractivity contribution < 1.29 is 14.7 Å². The molecule has 1 amide bonds. The van der Waals surface area contributed by atoms with E-state index in [2.05, 4.69) is 9.88 Å². The molecule has 2 aromatic rings. The van der Waals surface area contributed by atoms with E-state index < -0.39 is 5.97 Å². The van der Waals surface area contributed by atoms with E-state index in [0.717, 1.165) is 48.7 Å². The largest absolute Gasteiger partial charge is 0.481 e. The Bertz CT molecular complexity index is 838. The summed E-state index contributed by atoms with van der Waals surface area (Å²) in [6.45, 7) is 4.71. The Kier molecular flexibility index (Phi) is 5.86. The van der Waals surface area contributed by atoms with Gasteiger partial charge in [0.25, 0.3) is 0 Å². The van der Waals surface area contributed by atoms with Crippen molar-refractivity contribution in [2.45, 2.75) is 13.3 Å². The molecule has 0 bridgehead atoms. The molecule has 3 rings (SSSR count). The predicted octanol–water partition coefficient (Wildman–Crippen LogP) is 2.55. The molecule has 2 heterocycles. The lowest BCUT2D eigenvalue weighted by Gasteiger charge is -2.35. The van der Waals surface area contributed by atoms with Crippen molar-refractivity contribution in [2.24, 2.45) is 0 Å². The minimum absolute atomic E-state index is 0.0194. The number of rotatable bonds is 5. The Labute approximate surface area is 158 Å². The fourth-order valence-corrected chi connectivity index (χ4v) is 3.13. The predicted molar refractivity (Wildman–Crippen MR) is 105 cm³/mol. The first-order valence-electron chi connectivity index (χ1n) is 8.96. The van der Waals surface area contributed by atoms with Crippen molar-refractivity contribution in [1.29, 1.82) is 0 Å². The molecule has 1 saturated heterocycles. The van der Waals surface area contributed by atoms with Crippen LogP contribution >= 0.6 is 0 Å². The number of amides is 1. The van der Waals surface area contributed by atoms with Gasteiger partial charge in [-0.05, 0) is 29.3 Å². The van der Waals surface area contributed by atoms with E-state index in [1.807, 2.05) is 59.6 Å². The molecule has 140 valence electrons. The number of benzene rings is 1. The molecule has 0 aliphatic carbocycles. The van der Waals surface area contributed by atoms with Crippen LogP contribution in [0.4, 0.5) is 5.69 Å². The van der Waals surface area contributed by atoms with E-state index in [1.165, 1.54) is 0 Å². The van der Waals surface area contributed by atoms with Crippen LogP contribution in [-0.4, -0.2) is 53.0 Å². The maximum atomic E-state index is 11.4. The fraction of sp³-hybridized carbons (Fsp3) is 0.286. The molecule has 6 heteroatoms. The van der Waals surface area contributed by atoms with Crippen molar-refractivity contribution in [1.82, 2.24) is 9.88 Å². The highest BCUT2D eigenvalue weighted by molar-refractivity contribution is 5.74. The van der Waals surface area contributed by atoms with Gasteiger partial charge in [-0.1, -0.05) is 30.3 Å². The van der Waals surface area contributed by atoms with Gasteiger partial charge in [0.2, 0.25) is 5.91 Å². The molecule has 0 saturated carbocycles. The molecule has 1 aliphatic heterocycles. The molecular weight excluding hydrogens is 342 g/mol. The molecular formula is C21H23N3O3. The molecule has 1 N–H and O–H groups in total. The smallest absolute Gasteiger partial charge is 0.307 e. The first kappa shape index (κ1) is 18.6. The molecule has 1 fully saturated rings. The average Bonchev–Trinajstić information content (AvgIpc) is 2.67. The van der Waals surface area contributed by atoms with Gasteiger partial charge in [-0.15, -0.1) is 0 Å². The van der Waals surface area contributed by atoms with Crippen LogP contribution in [0.25, 0.3) is 12.2 Å². The second-order valence-electron chi connectivity index (χ2n) is 6.58. The Balaban J connectivity index is 1.62. The molecule has 27 heavy (non-hydrogen) atoms. The van der Waals surface area contributed by atoms with Gasteiger partial charge in [0, 0.05) is 33.1 Å². The molecule has 0 unspecified atom stereocenters. The average molecular weight is 365 g/mol. The number of pyridine rings is 1. The van der Waals surface area contributed by atoms with Gasteiger partial charge in [0.15, 0.2) is 0 Å². The maximum Gasteiger partial charge on any atom is 0.307 e. The summed E-state index contributed by atoms with van der Waals surface area (Å²) in [5, 5.41) is 8.89. The number of nitrogens with zero attached hydrogens (tertiary/aromatic N) is 3. The van der Waals surface area contributed by atoms with Crippen molar-refractivity contribution in [3.63, 3.8) is 0 Å². The molecule has 1 aromatic carbocycles. The number of carbonyl (C=O) groups is 2. The van der Waals surface area contributed by atoms with Crippen LogP contribution in [0.1, 0.15) is 23.7 Å². The van der Waals surface area contributed by atoms with Crippen molar-refractivity contribution in [3.8, 4) is 0 Å². The molecule has 1 aromatic heterocycles. The zero-order chi connectivity index (χ0) is 19.2. The Hall–Kier alpha value is -3.15. The minimum atomic E-state index is -0.836. The quantitative estimate of drug-likeness (QED) is 0.881. The normalized spacial score (nSPS) is 14.6. The highest BCUT2D eigenvalue weighted by atomic mass is 16.4. The maximum absolute atomic E-state index is 11.4. The number of anilines is 1. The van der Waals surface area contributed by atoms with Gasteiger partial charge in [0.1, 0.15) is 0 Å². The van der Waals surface area contributed by atoms with Crippen LogP contribution in [-0.2, 0) is 16.0 Å². The molecule has 0 radical (unpaired) electrons. The zero-order valence-corrected chi connectivity index (χ0v) is 15.3. The van der Waals surface area contributed by atoms with Gasteiger partial charge in [-0.2, -0.15) is 0 Å². The van der Waals surface area contributed by atoms with E-state index in [9.17, 15) is 9.59 Å². The van der Waals surface area contributed by atoms with E-state index in [1.54, 1.807) is 6.92 Å². The van der Waals surface area contributed by atoms with Gasteiger partial charge in [-0.25, -0.2) is 0 Å². The number of aliphatic carboxylic acids is 1. The van der Waals surface area contributed by atoms with Crippen LogP contribution < -0.4 is 4.90 Å². The SMILES string of the molecule is CC(=O)N1CCN(c2ccc(/C=C/c3cccc(CC(=O)O)c3)nc2)CC1. The summed E-state index contributed by atoms with van der Waals surface area (Å²) in [6, 6.07) is 11.5. The lowest BCUT2D eigenvalue weighted by molar-refractivity contribution is -0.136. The standard InChI is InChI=1S/C21H23N3O3/c1-16(25)23-9-11-24(12-10-23)20-8-7-19(22-15-20)6-5-17-3-2-4-18(13-17)14-21(26)27/h2-8,13,15H,9-12,14H2,1H3,(H,26,27)/b6-5+. The monoisotopic (exact) mass is 365 g/mol. The third-order valence-electron chi connectivity index (χ3n) is 4.61. The zero-order valence-electron chi connectivity index (χ0n) is 15.3. The van der Waals surface area contributed by atoms with Gasteiger partial charge >= 0.3 is 5.97 Å². The summed E-state index contributed by atoms with van der Waals surface area (Å²) in [6.07, 6.45) is 5.71. The van der Waals surface area contributed by atoms with Crippen LogP contribution in [0.15, 0.2) is 42.6 Å². The fourth-order valence-electron chi connectivity index (χ4n) is 3.13. The summed E-state index contributed by atoms with van der Waals surface area (Å²) in [7, 11) is 0. The molecule has 0 spiro atoms. The Morgan fingerprint density at radius 3 is 2.52 bits per heavy atom. The highest BCUT2D eigenvalue weighted by Crippen LogP contribution is 2.17. The highest BCUT2D eigenvalue weighted by Gasteiger charge is 2.18. The van der Waals surface area contributed by atoms with Crippen molar-refractivity contribution >= 4 is 29.7 Å². The van der Waals surface area contributed by atoms with Crippen LogP contribution in [0, 0.1) is 0 Å². The first-order valence-corrected chi connectivity index (χ1v) is 8.96. The van der Waals surface area contributed by atoms with Crippen molar-refractivity contribution in [2.75, 3.05) is 31.1 Å². The summed E-state index contributed by atoms with van der Waals surface area (Å²) in [5.74, 6) is -0.710. The third-order valence-corrected chi connectivity index (χ3v) is 4.61. The van der Waals surface area contributed by atoms with Gasteiger partial charge in [0.05, 0.1) is 24.0 Å². The lowest BCUT2D eigenvalue weighted by atomic mass is 10.1. The Morgan fingerprint density at radius 2 is 1.89 bits per heavy atom. The number of hydrogen-bond acceptors (Lipinski definition) is 4. The van der Waals surface area contributed by atoms with Crippen LogP contribution in [0.5, 0.6) is 0 Å². The van der Waals surface area contributed by atoms with E-state index in [4.69, 9.17) is 5.11 Å². The molecule has 1 aliphatic rings. The van der Waals surface area contributed by atoms with E-state index in [-0.39, 0.29) is 12.3 Å². The lowest BCUT2D eigenvalue weighted by Crippen LogP contribution is -2.48. The van der Waals surface area contributed by atoms with E-state index in [0.29, 0.717) is 0 Å². The summed E-state index contributed by atoms with van der Waals surface area (Å²) in [5.41, 5.74) is 3.61. The third kappa shape index (κ3) is 5.17. The molecule has 0 atom stereocenters.